The first-order valence-corrected chi connectivity index (χ1v) is 6.74. The predicted octanol–water partition coefficient (Wildman–Crippen LogP) is 2.03. The largest absolute Gasteiger partial charge is 0.305 e. The van der Waals surface area contributed by atoms with Crippen molar-refractivity contribution in [2.24, 2.45) is 0 Å². The molecule has 1 saturated heterocycles. The number of hydrogen-bond donors (Lipinski definition) is 0. The molecular weight excluding hydrogens is 243 g/mol. The number of carbonyl (C=O) groups is 1. The Morgan fingerprint density at radius 3 is 2.89 bits per heavy atom. The Kier molecular flexibility index (Phi) is 4.66. The van der Waals surface area contributed by atoms with Crippen molar-refractivity contribution in [2.45, 2.75) is 18.9 Å². The third kappa shape index (κ3) is 3.61. The van der Waals surface area contributed by atoms with E-state index in [1.54, 1.807) is 18.2 Å². The maximum atomic E-state index is 13.5. The van der Waals surface area contributed by atoms with Crippen LogP contribution in [0.25, 0.3) is 0 Å². The highest BCUT2D eigenvalue weighted by atomic mass is 19.1. The molecule has 1 aromatic carbocycles. The molecule has 2 rings (SSSR count). The lowest BCUT2D eigenvalue weighted by Crippen LogP contribution is -2.46. The van der Waals surface area contributed by atoms with Crippen LogP contribution in [0.5, 0.6) is 0 Å². The lowest BCUT2D eigenvalue weighted by molar-refractivity contribution is 0.0854. The predicted molar refractivity (Wildman–Crippen MR) is 73.9 cm³/mol. The molecule has 0 aromatic heterocycles. The fourth-order valence-electron chi connectivity index (χ4n) is 2.63. The van der Waals surface area contributed by atoms with Crippen LogP contribution in [0.3, 0.4) is 0 Å². The van der Waals surface area contributed by atoms with Crippen LogP contribution in [-0.4, -0.2) is 55.4 Å². The van der Waals surface area contributed by atoms with Gasteiger partial charge in [0.05, 0.1) is 12.1 Å². The third-order valence-electron chi connectivity index (χ3n) is 3.79. The lowest BCUT2D eigenvalue weighted by atomic mass is 10.0. The van der Waals surface area contributed by atoms with Gasteiger partial charge in [-0.3, -0.25) is 9.69 Å². The van der Waals surface area contributed by atoms with E-state index in [0.717, 1.165) is 25.9 Å². The van der Waals surface area contributed by atoms with E-state index in [2.05, 4.69) is 11.9 Å². The average molecular weight is 264 g/mol. The van der Waals surface area contributed by atoms with Crippen molar-refractivity contribution in [2.75, 3.05) is 33.7 Å². The van der Waals surface area contributed by atoms with E-state index in [0.29, 0.717) is 6.04 Å². The molecule has 0 radical (unpaired) electrons. The first-order chi connectivity index (χ1) is 9.08. The van der Waals surface area contributed by atoms with Crippen LogP contribution in [0.15, 0.2) is 24.3 Å². The highest BCUT2D eigenvalue weighted by molar-refractivity contribution is 5.97. The van der Waals surface area contributed by atoms with Gasteiger partial charge in [0.15, 0.2) is 5.78 Å². The second-order valence-corrected chi connectivity index (χ2v) is 5.38. The van der Waals surface area contributed by atoms with Crippen molar-refractivity contribution in [3.8, 4) is 0 Å². The number of hydrogen-bond acceptors (Lipinski definition) is 3. The Hall–Kier alpha value is -1.26. The Morgan fingerprint density at radius 1 is 1.47 bits per heavy atom. The molecule has 3 nitrogen and oxygen atoms in total. The number of likely N-dealkylation sites (N-methyl/N-ethyl adjacent to an activating group) is 2. The minimum absolute atomic E-state index is 0.145. The van der Waals surface area contributed by atoms with Gasteiger partial charge in [-0.25, -0.2) is 4.39 Å². The van der Waals surface area contributed by atoms with Crippen LogP contribution in [0, 0.1) is 5.82 Å². The van der Waals surface area contributed by atoms with Crippen LogP contribution in [0.1, 0.15) is 23.2 Å². The fraction of sp³-hybridized carbons (Fsp3) is 0.533. The molecule has 4 heteroatoms. The average Bonchev–Trinajstić information content (AvgIpc) is 2.39. The molecule has 0 saturated carbocycles. The van der Waals surface area contributed by atoms with E-state index in [1.165, 1.54) is 6.07 Å². The van der Waals surface area contributed by atoms with Crippen LogP contribution in [-0.2, 0) is 0 Å². The highest BCUT2D eigenvalue weighted by Crippen LogP contribution is 2.15. The van der Waals surface area contributed by atoms with E-state index in [1.807, 2.05) is 11.9 Å². The summed E-state index contributed by atoms with van der Waals surface area (Å²) in [5.41, 5.74) is 0.193. The topological polar surface area (TPSA) is 23.6 Å². The zero-order valence-corrected chi connectivity index (χ0v) is 11.6. The fourth-order valence-corrected chi connectivity index (χ4v) is 2.63. The molecule has 0 aliphatic carbocycles. The molecule has 0 N–H and O–H groups in total. The Bertz CT molecular complexity index is 450. The molecular formula is C15H21FN2O. The second-order valence-electron chi connectivity index (χ2n) is 5.38. The molecule has 0 bridgehead atoms. The number of carbonyl (C=O) groups excluding carboxylic acids is 1. The van der Waals surface area contributed by atoms with E-state index < -0.39 is 5.82 Å². The summed E-state index contributed by atoms with van der Waals surface area (Å²) in [4.78, 5) is 16.4. The van der Waals surface area contributed by atoms with Gasteiger partial charge in [-0.1, -0.05) is 12.1 Å². The normalized spacial score (nSPS) is 20.7. The van der Waals surface area contributed by atoms with Gasteiger partial charge >= 0.3 is 0 Å². The van der Waals surface area contributed by atoms with Gasteiger partial charge in [0.2, 0.25) is 0 Å². The zero-order valence-electron chi connectivity index (χ0n) is 11.6. The molecule has 19 heavy (non-hydrogen) atoms. The Morgan fingerprint density at radius 2 is 2.21 bits per heavy atom. The molecule has 1 aromatic rings. The summed E-state index contributed by atoms with van der Waals surface area (Å²) < 4.78 is 13.5. The summed E-state index contributed by atoms with van der Waals surface area (Å²) in [6.07, 6.45) is 2.25. The number of ketones is 1. The van der Waals surface area contributed by atoms with Gasteiger partial charge in [-0.2, -0.15) is 0 Å². The number of rotatable bonds is 4. The van der Waals surface area contributed by atoms with Crippen LogP contribution in [0.4, 0.5) is 4.39 Å². The van der Waals surface area contributed by atoms with Crippen LogP contribution >= 0.6 is 0 Å². The van der Waals surface area contributed by atoms with E-state index in [4.69, 9.17) is 0 Å². The summed E-state index contributed by atoms with van der Waals surface area (Å²) in [5.74, 6) is -0.574. The van der Waals surface area contributed by atoms with Gasteiger partial charge in [0.25, 0.3) is 0 Å². The highest BCUT2D eigenvalue weighted by Gasteiger charge is 2.23. The zero-order chi connectivity index (χ0) is 13.8. The maximum Gasteiger partial charge on any atom is 0.179 e. The molecule has 1 aliphatic rings. The number of benzene rings is 1. The van der Waals surface area contributed by atoms with Crippen molar-refractivity contribution in [1.29, 1.82) is 0 Å². The number of Topliss-reactive ketones (excluding diaryl/α,β-unsaturated/α-hetero) is 1. The monoisotopic (exact) mass is 264 g/mol. The lowest BCUT2D eigenvalue weighted by Gasteiger charge is -2.35. The summed E-state index contributed by atoms with van der Waals surface area (Å²) in [6, 6.07) is 6.57. The van der Waals surface area contributed by atoms with E-state index in [-0.39, 0.29) is 17.9 Å². The maximum absolute atomic E-state index is 13.5. The van der Waals surface area contributed by atoms with Crippen molar-refractivity contribution < 1.29 is 9.18 Å². The molecule has 1 aliphatic heterocycles. The Labute approximate surface area is 114 Å². The SMILES string of the molecule is CN1CCCC(N(C)CC(=O)c2ccccc2F)C1. The first-order valence-electron chi connectivity index (χ1n) is 6.74. The third-order valence-corrected chi connectivity index (χ3v) is 3.79. The standard InChI is InChI=1S/C15H21FN2O/c1-17-9-5-6-12(10-17)18(2)11-15(19)13-7-3-4-8-14(13)16/h3-4,7-8,12H,5-6,9-11H2,1-2H3. The molecule has 1 fully saturated rings. The van der Waals surface area contributed by atoms with Crippen LogP contribution < -0.4 is 0 Å². The summed E-state index contributed by atoms with van der Waals surface area (Å²) >= 11 is 0. The number of piperidine rings is 1. The first kappa shape index (κ1) is 14.2. The minimum atomic E-state index is -0.429. The van der Waals surface area contributed by atoms with Crippen molar-refractivity contribution in [3.63, 3.8) is 0 Å². The van der Waals surface area contributed by atoms with Gasteiger partial charge in [-0.05, 0) is 45.6 Å². The molecule has 0 amide bonds. The van der Waals surface area contributed by atoms with Crippen molar-refractivity contribution >= 4 is 5.78 Å². The molecule has 1 unspecified atom stereocenters. The molecule has 0 spiro atoms. The summed E-state index contributed by atoms with van der Waals surface area (Å²) in [5, 5.41) is 0. The molecule has 1 atom stereocenters. The van der Waals surface area contributed by atoms with Gasteiger partial charge in [0, 0.05) is 12.6 Å². The Balaban J connectivity index is 1.97. The number of halogens is 1. The van der Waals surface area contributed by atoms with Crippen LogP contribution in [0.2, 0.25) is 0 Å². The molecule has 104 valence electrons. The van der Waals surface area contributed by atoms with E-state index in [9.17, 15) is 9.18 Å². The smallest absolute Gasteiger partial charge is 0.179 e. The molecule has 1 heterocycles. The minimum Gasteiger partial charge on any atom is -0.305 e. The van der Waals surface area contributed by atoms with Gasteiger partial charge < -0.3 is 4.90 Å². The summed E-state index contributed by atoms with van der Waals surface area (Å²) in [7, 11) is 4.04. The second kappa shape index (κ2) is 6.26. The summed E-state index contributed by atoms with van der Waals surface area (Å²) in [6.45, 7) is 2.37. The quantitative estimate of drug-likeness (QED) is 0.778. The van der Waals surface area contributed by atoms with Gasteiger partial charge in [0.1, 0.15) is 5.82 Å². The van der Waals surface area contributed by atoms with E-state index >= 15 is 0 Å². The van der Waals surface area contributed by atoms with Crippen molar-refractivity contribution in [1.82, 2.24) is 9.80 Å². The number of nitrogens with zero attached hydrogens (tertiary/aromatic N) is 2. The van der Waals surface area contributed by atoms with Crippen molar-refractivity contribution in [3.05, 3.63) is 35.6 Å². The van der Waals surface area contributed by atoms with Gasteiger partial charge in [-0.15, -0.1) is 0 Å². The number of likely N-dealkylation sites (tertiary alicyclic amines) is 1.